The number of carbonyl (C=O) groups is 1. The number of hydrogen-bond acceptors (Lipinski definition) is 3. The number of carbonyl (C=O) groups excluding carboxylic acids is 1. The molecule has 0 aliphatic heterocycles. The monoisotopic (exact) mass is 232 g/mol. The molecule has 0 atom stereocenters. The summed E-state index contributed by atoms with van der Waals surface area (Å²) in [5, 5.41) is 0. The highest BCUT2D eigenvalue weighted by molar-refractivity contribution is 5.75. The molecule has 0 bridgehead atoms. The topological polar surface area (TPSA) is 35.5 Å². The number of allylic oxidation sites excluding steroid dienone is 1. The maximum absolute atomic E-state index is 11.7. The van der Waals surface area contributed by atoms with E-state index in [0.29, 0.717) is 6.61 Å². The van der Waals surface area contributed by atoms with Gasteiger partial charge in [-0.05, 0) is 24.0 Å². The Hall–Kier alpha value is -1.77. The van der Waals surface area contributed by atoms with Crippen LogP contribution in [-0.4, -0.2) is 13.1 Å². The number of hydrogen-bond donors (Lipinski definition) is 0. The molecule has 3 nitrogen and oxygen atoms in total. The Labute approximate surface area is 101 Å². The summed E-state index contributed by atoms with van der Waals surface area (Å²) in [4.78, 5) is 11.7. The molecule has 0 aromatic heterocycles. The van der Waals surface area contributed by atoms with Gasteiger partial charge in [0.15, 0.2) is 0 Å². The average Bonchev–Trinajstić information content (AvgIpc) is 2.31. The van der Waals surface area contributed by atoms with Gasteiger partial charge in [-0.15, -0.1) is 0 Å². The third-order valence-electron chi connectivity index (χ3n) is 2.86. The van der Waals surface area contributed by atoms with Gasteiger partial charge in [0.25, 0.3) is 0 Å². The summed E-state index contributed by atoms with van der Waals surface area (Å²) in [5.74, 6) is -0.0952. The van der Waals surface area contributed by atoms with E-state index in [1.54, 1.807) is 13.4 Å². The van der Waals surface area contributed by atoms with Gasteiger partial charge in [-0.3, -0.25) is 4.79 Å². The quantitative estimate of drug-likeness (QED) is 0.591. The second kappa shape index (κ2) is 5.53. The van der Waals surface area contributed by atoms with Crippen molar-refractivity contribution >= 4 is 5.97 Å². The second-order valence-electron chi connectivity index (χ2n) is 4.21. The molecule has 1 saturated carbocycles. The Morgan fingerprint density at radius 1 is 1.35 bits per heavy atom. The van der Waals surface area contributed by atoms with Gasteiger partial charge in [-0.1, -0.05) is 30.3 Å². The van der Waals surface area contributed by atoms with Gasteiger partial charge in [0.2, 0.25) is 0 Å². The summed E-state index contributed by atoms with van der Waals surface area (Å²) in [7, 11) is 1.62. The maximum atomic E-state index is 11.7. The van der Waals surface area contributed by atoms with Crippen molar-refractivity contribution < 1.29 is 14.3 Å². The highest BCUT2D eigenvalue weighted by Crippen LogP contribution is 2.33. The standard InChI is InChI=1S/C14H16O3/c1-16-9-12-7-13(8-12)14(15)17-10-11-5-3-2-4-6-11/h2-6,9,13H,7-8,10H2,1H3. The van der Waals surface area contributed by atoms with E-state index in [4.69, 9.17) is 9.47 Å². The molecule has 1 aliphatic carbocycles. The van der Waals surface area contributed by atoms with Crippen LogP contribution in [0.3, 0.4) is 0 Å². The molecule has 0 spiro atoms. The predicted octanol–water partition coefficient (Wildman–Crippen LogP) is 2.67. The summed E-state index contributed by atoms with van der Waals surface area (Å²) >= 11 is 0. The Morgan fingerprint density at radius 2 is 2.06 bits per heavy atom. The molecule has 1 aromatic carbocycles. The molecule has 0 heterocycles. The molecule has 1 aromatic rings. The van der Waals surface area contributed by atoms with E-state index in [1.807, 2.05) is 30.3 Å². The normalized spacial score (nSPS) is 18.2. The molecule has 3 heteroatoms. The molecular formula is C14H16O3. The van der Waals surface area contributed by atoms with Crippen LogP contribution >= 0.6 is 0 Å². The zero-order valence-electron chi connectivity index (χ0n) is 9.89. The van der Waals surface area contributed by atoms with Crippen molar-refractivity contribution in [3.05, 3.63) is 47.7 Å². The van der Waals surface area contributed by atoms with Gasteiger partial charge in [-0.25, -0.2) is 0 Å². The lowest BCUT2D eigenvalue weighted by Crippen LogP contribution is -2.26. The minimum atomic E-state index is -0.109. The third kappa shape index (κ3) is 3.09. The SMILES string of the molecule is COC=C1CC(C(=O)OCc2ccccc2)C1. The van der Waals surface area contributed by atoms with E-state index < -0.39 is 0 Å². The molecule has 2 rings (SSSR count). The predicted molar refractivity (Wildman–Crippen MR) is 64.1 cm³/mol. The first-order chi connectivity index (χ1) is 8.29. The van der Waals surface area contributed by atoms with Crippen molar-refractivity contribution in [2.75, 3.05) is 7.11 Å². The van der Waals surface area contributed by atoms with Crippen LogP contribution in [0.2, 0.25) is 0 Å². The summed E-state index contributed by atoms with van der Waals surface area (Å²) in [6.45, 7) is 0.361. The van der Waals surface area contributed by atoms with Gasteiger partial charge < -0.3 is 9.47 Å². The van der Waals surface area contributed by atoms with Crippen LogP contribution in [0.25, 0.3) is 0 Å². The minimum absolute atomic E-state index is 0.0140. The van der Waals surface area contributed by atoms with Crippen molar-refractivity contribution in [3.63, 3.8) is 0 Å². The summed E-state index contributed by atoms with van der Waals surface area (Å²) < 4.78 is 10.1. The van der Waals surface area contributed by atoms with Crippen LogP contribution in [0.15, 0.2) is 42.2 Å². The average molecular weight is 232 g/mol. The van der Waals surface area contributed by atoms with E-state index in [2.05, 4.69) is 0 Å². The van der Waals surface area contributed by atoms with Crippen molar-refractivity contribution in [3.8, 4) is 0 Å². The molecule has 0 saturated heterocycles. The molecular weight excluding hydrogens is 216 g/mol. The van der Waals surface area contributed by atoms with Crippen LogP contribution in [0.1, 0.15) is 18.4 Å². The fourth-order valence-corrected chi connectivity index (χ4v) is 1.85. The molecule has 0 radical (unpaired) electrons. The van der Waals surface area contributed by atoms with Crippen LogP contribution in [-0.2, 0) is 20.9 Å². The second-order valence-corrected chi connectivity index (χ2v) is 4.21. The fourth-order valence-electron chi connectivity index (χ4n) is 1.85. The van der Waals surface area contributed by atoms with Gasteiger partial charge in [0.1, 0.15) is 6.61 Å². The molecule has 90 valence electrons. The Kier molecular flexibility index (Phi) is 3.81. The van der Waals surface area contributed by atoms with Crippen molar-refractivity contribution in [1.82, 2.24) is 0 Å². The van der Waals surface area contributed by atoms with Crippen molar-refractivity contribution in [2.24, 2.45) is 5.92 Å². The Balaban J connectivity index is 1.74. The van der Waals surface area contributed by atoms with E-state index in [0.717, 1.165) is 18.4 Å². The van der Waals surface area contributed by atoms with Crippen LogP contribution in [0, 0.1) is 5.92 Å². The van der Waals surface area contributed by atoms with Crippen LogP contribution in [0.5, 0.6) is 0 Å². The highest BCUT2D eigenvalue weighted by atomic mass is 16.5. The number of esters is 1. The molecule has 0 unspecified atom stereocenters. The van der Waals surface area contributed by atoms with Gasteiger partial charge in [-0.2, -0.15) is 0 Å². The maximum Gasteiger partial charge on any atom is 0.309 e. The zero-order chi connectivity index (χ0) is 12.1. The fraction of sp³-hybridized carbons (Fsp3) is 0.357. The van der Waals surface area contributed by atoms with Crippen molar-refractivity contribution in [1.29, 1.82) is 0 Å². The van der Waals surface area contributed by atoms with Gasteiger partial charge >= 0.3 is 5.97 Å². The zero-order valence-corrected chi connectivity index (χ0v) is 9.89. The number of benzene rings is 1. The molecule has 17 heavy (non-hydrogen) atoms. The molecule has 1 fully saturated rings. The molecule has 1 aliphatic rings. The van der Waals surface area contributed by atoms with E-state index in [1.165, 1.54) is 5.57 Å². The first-order valence-corrected chi connectivity index (χ1v) is 5.71. The number of methoxy groups -OCH3 is 1. The number of ether oxygens (including phenoxy) is 2. The largest absolute Gasteiger partial charge is 0.504 e. The highest BCUT2D eigenvalue weighted by Gasteiger charge is 2.31. The minimum Gasteiger partial charge on any atom is -0.504 e. The Bertz CT molecular complexity index is 401. The Morgan fingerprint density at radius 3 is 2.71 bits per heavy atom. The number of rotatable bonds is 4. The lowest BCUT2D eigenvalue weighted by Gasteiger charge is -2.26. The lowest BCUT2D eigenvalue weighted by molar-refractivity contribution is -0.151. The van der Waals surface area contributed by atoms with Crippen molar-refractivity contribution in [2.45, 2.75) is 19.4 Å². The summed E-state index contributed by atoms with van der Waals surface area (Å²) in [5.41, 5.74) is 2.20. The molecule has 0 amide bonds. The van der Waals surface area contributed by atoms with E-state index >= 15 is 0 Å². The molecule has 0 N–H and O–H groups in total. The summed E-state index contributed by atoms with van der Waals surface area (Å²) in [6, 6.07) is 9.71. The summed E-state index contributed by atoms with van der Waals surface area (Å²) in [6.07, 6.45) is 3.24. The van der Waals surface area contributed by atoms with E-state index in [-0.39, 0.29) is 11.9 Å². The van der Waals surface area contributed by atoms with Crippen LogP contribution in [0.4, 0.5) is 0 Å². The van der Waals surface area contributed by atoms with Crippen LogP contribution < -0.4 is 0 Å². The third-order valence-corrected chi connectivity index (χ3v) is 2.86. The first-order valence-electron chi connectivity index (χ1n) is 5.71. The van der Waals surface area contributed by atoms with Gasteiger partial charge in [0.05, 0.1) is 19.3 Å². The first kappa shape index (κ1) is 11.7. The lowest BCUT2D eigenvalue weighted by atomic mass is 9.81. The van der Waals surface area contributed by atoms with Gasteiger partial charge in [0, 0.05) is 0 Å². The van der Waals surface area contributed by atoms with E-state index in [9.17, 15) is 4.79 Å². The smallest absolute Gasteiger partial charge is 0.309 e.